The summed E-state index contributed by atoms with van der Waals surface area (Å²) in [4.78, 5) is 25.0. The Balaban J connectivity index is 1.84. The SMILES string of the molecule is CCCCNC(=O)COc1cc2ccccc2cc1C(=O)Nc1ccccc1C. The number of hydrogen-bond acceptors (Lipinski definition) is 3. The first-order valence-electron chi connectivity index (χ1n) is 9.87. The first-order valence-corrected chi connectivity index (χ1v) is 9.87. The zero-order valence-electron chi connectivity index (χ0n) is 16.8. The quantitative estimate of drug-likeness (QED) is 0.548. The maximum Gasteiger partial charge on any atom is 0.259 e. The lowest BCUT2D eigenvalue weighted by atomic mass is 10.0. The molecule has 0 aliphatic rings. The minimum Gasteiger partial charge on any atom is -0.483 e. The molecule has 0 saturated heterocycles. The largest absolute Gasteiger partial charge is 0.483 e. The van der Waals surface area contributed by atoms with Crippen LogP contribution < -0.4 is 15.4 Å². The van der Waals surface area contributed by atoms with Gasteiger partial charge in [0, 0.05) is 12.2 Å². The summed E-state index contributed by atoms with van der Waals surface area (Å²) in [5.41, 5.74) is 2.11. The van der Waals surface area contributed by atoms with Crippen molar-refractivity contribution < 1.29 is 14.3 Å². The van der Waals surface area contributed by atoms with Crippen LogP contribution in [0.5, 0.6) is 5.75 Å². The Morgan fingerprint density at radius 3 is 2.38 bits per heavy atom. The smallest absolute Gasteiger partial charge is 0.259 e. The van der Waals surface area contributed by atoms with E-state index < -0.39 is 0 Å². The molecule has 0 unspecified atom stereocenters. The van der Waals surface area contributed by atoms with Crippen LogP contribution in [0.1, 0.15) is 35.7 Å². The van der Waals surface area contributed by atoms with Crippen LogP contribution in [-0.4, -0.2) is 25.0 Å². The molecule has 0 saturated carbocycles. The number of hydrogen-bond donors (Lipinski definition) is 2. The van der Waals surface area contributed by atoms with Gasteiger partial charge in [0.15, 0.2) is 6.61 Å². The van der Waals surface area contributed by atoms with Gasteiger partial charge in [-0.1, -0.05) is 55.8 Å². The zero-order chi connectivity index (χ0) is 20.6. The van der Waals surface area contributed by atoms with E-state index in [0.29, 0.717) is 17.9 Å². The Bertz CT molecular complexity index is 1010. The molecule has 0 bridgehead atoms. The lowest BCUT2D eigenvalue weighted by molar-refractivity contribution is -0.123. The average molecular weight is 390 g/mol. The molecule has 0 fully saturated rings. The Labute approximate surface area is 171 Å². The van der Waals surface area contributed by atoms with Gasteiger partial charge in [0.25, 0.3) is 11.8 Å². The summed E-state index contributed by atoms with van der Waals surface area (Å²) in [6.45, 7) is 4.49. The van der Waals surface area contributed by atoms with Crippen LogP contribution >= 0.6 is 0 Å². The number of aryl methyl sites for hydroxylation is 1. The maximum atomic E-state index is 13.0. The first kappa shape index (κ1) is 20.4. The molecule has 0 spiro atoms. The van der Waals surface area contributed by atoms with Crippen molar-refractivity contribution in [3.63, 3.8) is 0 Å². The van der Waals surface area contributed by atoms with Gasteiger partial charge in [-0.15, -0.1) is 0 Å². The molecule has 5 heteroatoms. The Kier molecular flexibility index (Phi) is 6.85. The number of nitrogens with one attached hydrogen (secondary N) is 2. The van der Waals surface area contributed by atoms with Crippen LogP contribution in [0.2, 0.25) is 0 Å². The predicted octanol–water partition coefficient (Wildman–Crippen LogP) is 4.70. The fourth-order valence-corrected chi connectivity index (χ4v) is 3.02. The van der Waals surface area contributed by atoms with E-state index in [1.165, 1.54) is 0 Å². The fourth-order valence-electron chi connectivity index (χ4n) is 3.02. The Hall–Kier alpha value is -3.34. The van der Waals surface area contributed by atoms with Crippen LogP contribution in [0.3, 0.4) is 0 Å². The molecule has 2 N–H and O–H groups in total. The summed E-state index contributed by atoms with van der Waals surface area (Å²) in [6, 6.07) is 18.9. The minimum atomic E-state index is -0.272. The number of benzene rings is 3. The fraction of sp³-hybridized carbons (Fsp3) is 0.250. The monoisotopic (exact) mass is 390 g/mol. The van der Waals surface area contributed by atoms with E-state index in [1.54, 1.807) is 12.1 Å². The van der Waals surface area contributed by atoms with Crippen molar-refractivity contribution in [2.24, 2.45) is 0 Å². The highest BCUT2D eigenvalue weighted by atomic mass is 16.5. The minimum absolute atomic E-state index is 0.132. The van der Waals surface area contributed by atoms with Gasteiger partial charge in [-0.05, 0) is 47.9 Å². The Morgan fingerprint density at radius 2 is 1.66 bits per heavy atom. The number of anilines is 1. The van der Waals surface area contributed by atoms with Crippen LogP contribution in [0.15, 0.2) is 60.7 Å². The van der Waals surface area contributed by atoms with Crippen molar-refractivity contribution in [2.45, 2.75) is 26.7 Å². The number of carbonyl (C=O) groups is 2. The van der Waals surface area contributed by atoms with Gasteiger partial charge in [0.05, 0.1) is 5.56 Å². The summed E-state index contributed by atoms with van der Waals surface area (Å²) < 4.78 is 5.75. The molecule has 29 heavy (non-hydrogen) atoms. The second-order valence-corrected chi connectivity index (χ2v) is 6.96. The third-order valence-corrected chi connectivity index (χ3v) is 4.70. The van der Waals surface area contributed by atoms with Crippen molar-refractivity contribution in [3.05, 3.63) is 71.8 Å². The molecule has 0 radical (unpaired) electrons. The van der Waals surface area contributed by atoms with E-state index in [9.17, 15) is 9.59 Å². The molecule has 5 nitrogen and oxygen atoms in total. The molecule has 2 amide bonds. The van der Waals surface area contributed by atoms with Gasteiger partial charge in [-0.3, -0.25) is 9.59 Å². The number of para-hydroxylation sites is 1. The normalized spacial score (nSPS) is 10.6. The first-order chi connectivity index (χ1) is 14.1. The third kappa shape index (κ3) is 5.35. The van der Waals surface area contributed by atoms with Crippen molar-refractivity contribution in [3.8, 4) is 5.75 Å². The molecule has 3 aromatic rings. The number of rotatable bonds is 8. The van der Waals surface area contributed by atoms with Gasteiger partial charge in [0.2, 0.25) is 0 Å². The van der Waals surface area contributed by atoms with E-state index in [-0.39, 0.29) is 18.4 Å². The van der Waals surface area contributed by atoms with Crippen molar-refractivity contribution >= 4 is 28.3 Å². The topological polar surface area (TPSA) is 67.4 Å². The molecule has 3 aromatic carbocycles. The second kappa shape index (κ2) is 9.73. The van der Waals surface area contributed by atoms with Gasteiger partial charge in [0.1, 0.15) is 5.75 Å². The lowest BCUT2D eigenvalue weighted by Gasteiger charge is -2.14. The maximum absolute atomic E-state index is 13.0. The third-order valence-electron chi connectivity index (χ3n) is 4.70. The highest BCUT2D eigenvalue weighted by Gasteiger charge is 2.16. The molecule has 0 heterocycles. The number of carbonyl (C=O) groups excluding carboxylic acids is 2. The average Bonchev–Trinajstić information content (AvgIpc) is 2.73. The molecule has 150 valence electrons. The summed E-state index contributed by atoms with van der Waals surface area (Å²) in [5, 5.41) is 7.64. The van der Waals surface area contributed by atoms with Gasteiger partial charge < -0.3 is 15.4 Å². The van der Waals surface area contributed by atoms with E-state index >= 15 is 0 Å². The Morgan fingerprint density at radius 1 is 0.966 bits per heavy atom. The molecular formula is C24H26N2O3. The molecule has 0 atom stereocenters. The van der Waals surface area contributed by atoms with Crippen molar-refractivity contribution in [1.29, 1.82) is 0 Å². The summed E-state index contributed by atoms with van der Waals surface area (Å²) in [6.07, 6.45) is 1.93. The molecule has 3 rings (SSSR count). The van der Waals surface area contributed by atoms with E-state index in [1.807, 2.05) is 55.5 Å². The summed E-state index contributed by atoms with van der Waals surface area (Å²) in [5.74, 6) is -0.0799. The van der Waals surface area contributed by atoms with Gasteiger partial charge in [-0.2, -0.15) is 0 Å². The van der Waals surface area contributed by atoms with Crippen LogP contribution in [0, 0.1) is 6.92 Å². The highest BCUT2D eigenvalue weighted by molar-refractivity contribution is 6.09. The summed E-state index contributed by atoms with van der Waals surface area (Å²) >= 11 is 0. The summed E-state index contributed by atoms with van der Waals surface area (Å²) in [7, 11) is 0. The van der Waals surface area contributed by atoms with E-state index in [0.717, 1.165) is 34.9 Å². The molecular weight excluding hydrogens is 364 g/mol. The van der Waals surface area contributed by atoms with E-state index in [4.69, 9.17) is 4.74 Å². The lowest BCUT2D eigenvalue weighted by Crippen LogP contribution is -2.30. The van der Waals surface area contributed by atoms with Crippen molar-refractivity contribution in [1.82, 2.24) is 5.32 Å². The van der Waals surface area contributed by atoms with Crippen LogP contribution in [0.4, 0.5) is 5.69 Å². The standard InChI is InChI=1S/C24H26N2O3/c1-3-4-13-25-23(27)16-29-22-15-19-11-7-6-10-18(19)14-20(22)24(28)26-21-12-8-5-9-17(21)2/h5-12,14-15H,3-4,13,16H2,1-2H3,(H,25,27)(H,26,28). The highest BCUT2D eigenvalue weighted by Crippen LogP contribution is 2.27. The zero-order valence-corrected chi connectivity index (χ0v) is 16.8. The second-order valence-electron chi connectivity index (χ2n) is 6.96. The number of unbranched alkanes of at least 4 members (excludes halogenated alkanes) is 1. The van der Waals surface area contributed by atoms with Crippen LogP contribution in [-0.2, 0) is 4.79 Å². The van der Waals surface area contributed by atoms with Gasteiger partial charge in [-0.25, -0.2) is 0 Å². The van der Waals surface area contributed by atoms with E-state index in [2.05, 4.69) is 17.6 Å². The van der Waals surface area contributed by atoms with Crippen LogP contribution in [0.25, 0.3) is 10.8 Å². The number of amides is 2. The molecule has 0 aromatic heterocycles. The number of ether oxygens (including phenoxy) is 1. The van der Waals surface area contributed by atoms with Gasteiger partial charge >= 0.3 is 0 Å². The number of fused-ring (bicyclic) bond motifs is 1. The molecule has 0 aliphatic carbocycles. The molecule has 0 aliphatic heterocycles. The van der Waals surface area contributed by atoms with Crippen molar-refractivity contribution in [2.75, 3.05) is 18.5 Å². The predicted molar refractivity (Wildman–Crippen MR) is 116 cm³/mol.